The van der Waals surface area contributed by atoms with Gasteiger partial charge in [-0.15, -0.1) is 0 Å². The molecule has 13 heavy (non-hydrogen) atoms. The van der Waals surface area contributed by atoms with E-state index in [0.717, 1.165) is 6.07 Å². The van der Waals surface area contributed by atoms with Crippen LogP contribution in [0, 0.1) is 10.1 Å². The van der Waals surface area contributed by atoms with Gasteiger partial charge in [0.2, 0.25) is 6.29 Å². The predicted molar refractivity (Wildman–Crippen MR) is 45.8 cm³/mol. The molecule has 67 valence electrons. The van der Waals surface area contributed by atoms with Crippen LogP contribution in [0.4, 0.5) is 5.69 Å². The highest BCUT2D eigenvalue weighted by Gasteiger charge is 2.12. The fraction of sp³-hybridized carbons (Fsp3) is 0.125. The van der Waals surface area contributed by atoms with Crippen molar-refractivity contribution < 1.29 is 9.72 Å². The molecule has 5 nitrogen and oxygen atoms in total. The van der Waals surface area contributed by atoms with Gasteiger partial charge in [0.15, 0.2) is 0 Å². The van der Waals surface area contributed by atoms with E-state index in [-0.39, 0.29) is 17.8 Å². The number of nitrogens with zero attached hydrogens (tertiary/aromatic N) is 1. The lowest BCUT2D eigenvalue weighted by molar-refractivity contribution is -0.385. The molecule has 1 aromatic carbocycles. The van der Waals surface area contributed by atoms with Crippen molar-refractivity contribution in [2.45, 2.75) is 6.54 Å². The van der Waals surface area contributed by atoms with Crippen LogP contribution < -0.4 is 5.73 Å². The van der Waals surface area contributed by atoms with Gasteiger partial charge in [-0.3, -0.25) is 14.9 Å². The zero-order chi connectivity index (χ0) is 9.84. The van der Waals surface area contributed by atoms with Crippen LogP contribution in [0.3, 0.4) is 0 Å². The largest absolute Gasteiger partial charge is 0.326 e. The Morgan fingerprint density at radius 1 is 1.54 bits per heavy atom. The molecule has 0 spiro atoms. The van der Waals surface area contributed by atoms with Gasteiger partial charge < -0.3 is 5.73 Å². The van der Waals surface area contributed by atoms with Gasteiger partial charge >= 0.3 is 0 Å². The number of hydrogen-bond donors (Lipinski definition) is 1. The quantitative estimate of drug-likeness (QED) is 0.541. The molecule has 0 atom stereocenters. The van der Waals surface area contributed by atoms with E-state index in [0.29, 0.717) is 5.56 Å². The summed E-state index contributed by atoms with van der Waals surface area (Å²) in [5.41, 5.74) is 5.70. The summed E-state index contributed by atoms with van der Waals surface area (Å²) in [7, 11) is 0. The minimum atomic E-state index is -0.566. The summed E-state index contributed by atoms with van der Waals surface area (Å²) in [6.45, 7) is 0.0788. The second kappa shape index (κ2) is 3.77. The molecular weight excluding hydrogens is 172 g/mol. The SMILES string of the molecule is NCc1ccc([C]=O)cc1[N+](=O)[O-]. The molecule has 0 saturated carbocycles. The van der Waals surface area contributed by atoms with Gasteiger partial charge in [0.25, 0.3) is 5.69 Å². The van der Waals surface area contributed by atoms with Crippen LogP contribution in [0.5, 0.6) is 0 Å². The van der Waals surface area contributed by atoms with Gasteiger partial charge in [-0.1, -0.05) is 12.1 Å². The monoisotopic (exact) mass is 179 g/mol. The maximum atomic E-state index is 10.5. The Kier molecular flexibility index (Phi) is 2.71. The fourth-order valence-electron chi connectivity index (χ4n) is 0.970. The molecule has 0 aliphatic carbocycles. The Bertz CT molecular complexity index is 349. The first-order valence-electron chi connectivity index (χ1n) is 3.54. The maximum absolute atomic E-state index is 10.5. The van der Waals surface area contributed by atoms with Gasteiger partial charge in [0.1, 0.15) is 0 Å². The van der Waals surface area contributed by atoms with E-state index in [1.165, 1.54) is 12.1 Å². The summed E-state index contributed by atoms with van der Waals surface area (Å²) >= 11 is 0. The Hall–Kier alpha value is -1.75. The zero-order valence-electron chi connectivity index (χ0n) is 6.69. The lowest BCUT2D eigenvalue weighted by Gasteiger charge is -1.98. The van der Waals surface area contributed by atoms with E-state index in [9.17, 15) is 14.9 Å². The van der Waals surface area contributed by atoms with Crippen molar-refractivity contribution in [2.75, 3.05) is 0 Å². The molecule has 0 fully saturated rings. The minimum Gasteiger partial charge on any atom is -0.326 e. The van der Waals surface area contributed by atoms with Crippen molar-refractivity contribution in [3.05, 3.63) is 39.4 Å². The number of nitrogens with two attached hydrogens (primary N) is 1. The standard InChI is InChI=1S/C8H7N2O3/c9-4-7-2-1-6(5-11)3-8(7)10(12)13/h1-3H,4,9H2. The number of hydrogen-bond acceptors (Lipinski definition) is 4. The second-order valence-electron chi connectivity index (χ2n) is 2.41. The molecule has 0 saturated heterocycles. The third-order valence-corrected chi connectivity index (χ3v) is 1.62. The topological polar surface area (TPSA) is 86.2 Å². The van der Waals surface area contributed by atoms with Crippen LogP contribution in [0.15, 0.2) is 18.2 Å². The Labute approximate surface area is 74.3 Å². The maximum Gasteiger partial charge on any atom is 0.274 e. The van der Waals surface area contributed by atoms with E-state index >= 15 is 0 Å². The second-order valence-corrected chi connectivity index (χ2v) is 2.41. The predicted octanol–water partition coefficient (Wildman–Crippen LogP) is 0.511. The Balaban J connectivity index is 3.25. The number of rotatable bonds is 3. The van der Waals surface area contributed by atoms with Crippen molar-refractivity contribution in [1.82, 2.24) is 0 Å². The van der Waals surface area contributed by atoms with Gasteiger partial charge in [-0.25, -0.2) is 0 Å². The van der Waals surface area contributed by atoms with Crippen LogP contribution in [0.25, 0.3) is 0 Å². The van der Waals surface area contributed by atoms with Crippen molar-refractivity contribution in [2.24, 2.45) is 5.73 Å². The fourth-order valence-corrected chi connectivity index (χ4v) is 0.970. The zero-order valence-corrected chi connectivity index (χ0v) is 6.69. The average Bonchev–Trinajstić information content (AvgIpc) is 2.16. The van der Waals surface area contributed by atoms with E-state index in [1.54, 1.807) is 6.29 Å². The summed E-state index contributed by atoms with van der Waals surface area (Å²) in [6.07, 6.45) is 1.58. The third kappa shape index (κ3) is 1.88. The molecule has 0 unspecified atom stereocenters. The summed E-state index contributed by atoms with van der Waals surface area (Å²) in [5, 5.41) is 10.5. The first-order valence-corrected chi connectivity index (χ1v) is 3.54. The Morgan fingerprint density at radius 3 is 2.69 bits per heavy atom. The molecule has 2 N–H and O–H groups in total. The molecule has 0 heterocycles. The first-order chi connectivity index (χ1) is 6.19. The minimum absolute atomic E-state index is 0.0788. The van der Waals surface area contributed by atoms with Crippen LogP contribution in [-0.4, -0.2) is 11.2 Å². The molecule has 0 aliphatic heterocycles. The average molecular weight is 179 g/mol. The lowest BCUT2D eigenvalue weighted by Crippen LogP contribution is -2.02. The normalized spacial score (nSPS) is 9.62. The van der Waals surface area contributed by atoms with Crippen molar-refractivity contribution >= 4 is 12.0 Å². The van der Waals surface area contributed by atoms with E-state index in [2.05, 4.69) is 0 Å². The summed E-state index contributed by atoms with van der Waals surface area (Å²) < 4.78 is 0. The van der Waals surface area contributed by atoms with Crippen LogP contribution >= 0.6 is 0 Å². The molecule has 1 radical (unpaired) electrons. The molecular formula is C8H7N2O3. The molecule has 0 aliphatic rings. The molecule has 0 amide bonds. The molecule has 1 rings (SSSR count). The smallest absolute Gasteiger partial charge is 0.274 e. The molecule has 5 heteroatoms. The highest BCUT2D eigenvalue weighted by Crippen LogP contribution is 2.18. The van der Waals surface area contributed by atoms with Crippen LogP contribution in [0.2, 0.25) is 0 Å². The summed E-state index contributed by atoms with van der Waals surface area (Å²) in [5.74, 6) is 0. The highest BCUT2D eigenvalue weighted by molar-refractivity contribution is 5.77. The third-order valence-electron chi connectivity index (χ3n) is 1.62. The van der Waals surface area contributed by atoms with E-state index in [1.807, 2.05) is 0 Å². The first kappa shape index (κ1) is 9.34. The van der Waals surface area contributed by atoms with E-state index < -0.39 is 4.92 Å². The summed E-state index contributed by atoms with van der Waals surface area (Å²) in [6, 6.07) is 4.07. The highest BCUT2D eigenvalue weighted by atomic mass is 16.6. The Morgan fingerprint density at radius 2 is 2.23 bits per heavy atom. The number of carbonyl (C=O) groups excluding carboxylic acids is 1. The van der Waals surface area contributed by atoms with Crippen LogP contribution in [-0.2, 0) is 11.3 Å². The van der Waals surface area contributed by atoms with Crippen molar-refractivity contribution in [3.63, 3.8) is 0 Å². The van der Waals surface area contributed by atoms with Crippen LogP contribution in [0.1, 0.15) is 11.1 Å². The van der Waals surface area contributed by atoms with Gasteiger partial charge in [-0.05, 0) is 0 Å². The van der Waals surface area contributed by atoms with Gasteiger partial charge in [0, 0.05) is 23.7 Å². The van der Waals surface area contributed by atoms with E-state index in [4.69, 9.17) is 5.73 Å². The number of nitro benzene ring substituents is 1. The molecule has 1 aromatic rings. The summed E-state index contributed by atoms with van der Waals surface area (Å²) in [4.78, 5) is 20.1. The number of benzene rings is 1. The van der Waals surface area contributed by atoms with Crippen molar-refractivity contribution in [3.8, 4) is 0 Å². The number of nitro groups is 1. The van der Waals surface area contributed by atoms with Gasteiger partial charge in [0.05, 0.1) is 4.92 Å². The molecule has 0 bridgehead atoms. The van der Waals surface area contributed by atoms with Crippen molar-refractivity contribution in [1.29, 1.82) is 0 Å². The van der Waals surface area contributed by atoms with Gasteiger partial charge in [-0.2, -0.15) is 0 Å². The molecule has 0 aromatic heterocycles. The lowest BCUT2D eigenvalue weighted by atomic mass is 10.1.